The number of hydrogen-bond acceptors (Lipinski definition) is 4. The van der Waals surface area contributed by atoms with Crippen LogP contribution in [-0.4, -0.2) is 23.0 Å². The molecular formula is C15H17BrN2O2S. The zero-order valence-electron chi connectivity index (χ0n) is 12.1. The maximum atomic E-state index is 5.62. The van der Waals surface area contributed by atoms with Crippen LogP contribution in [0.15, 0.2) is 27.6 Å². The van der Waals surface area contributed by atoms with Crippen molar-refractivity contribution < 1.29 is 9.47 Å². The summed E-state index contributed by atoms with van der Waals surface area (Å²) >= 11 is 5.43. The molecule has 0 spiro atoms. The van der Waals surface area contributed by atoms with Crippen molar-refractivity contribution in [3.63, 3.8) is 0 Å². The summed E-state index contributed by atoms with van der Waals surface area (Å²) in [5.74, 6) is 2.54. The summed E-state index contributed by atoms with van der Waals surface area (Å²) in [6, 6.07) is 6.10. The van der Waals surface area contributed by atoms with Gasteiger partial charge >= 0.3 is 0 Å². The predicted molar refractivity (Wildman–Crippen MR) is 87.3 cm³/mol. The summed E-state index contributed by atoms with van der Waals surface area (Å²) in [6.45, 7) is 3.36. The molecule has 1 aliphatic rings. The molecule has 0 unspecified atom stereocenters. The molecule has 0 saturated heterocycles. The van der Waals surface area contributed by atoms with Crippen molar-refractivity contribution in [3.8, 4) is 11.5 Å². The van der Waals surface area contributed by atoms with Crippen LogP contribution in [-0.2, 0) is 19.2 Å². The summed E-state index contributed by atoms with van der Waals surface area (Å²) in [6.07, 6.45) is 0.934. The number of ether oxygens (including phenoxy) is 2. The predicted octanol–water partition coefficient (Wildman–Crippen LogP) is 3.81. The Morgan fingerprint density at radius 1 is 1.29 bits per heavy atom. The average Bonchev–Trinajstić information content (AvgIpc) is 2.79. The fourth-order valence-corrected chi connectivity index (χ4v) is 4.17. The Hall–Kier alpha value is -1.14. The summed E-state index contributed by atoms with van der Waals surface area (Å²) in [4.78, 5) is 1.17. The fourth-order valence-electron chi connectivity index (χ4n) is 2.24. The van der Waals surface area contributed by atoms with Crippen LogP contribution < -0.4 is 9.47 Å². The standard InChI is InChI=1S/C15H17BrN2O2S/c1-3-11-15(16)12(18(2)17-11)9-21-10-4-5-13-14(8-10)20-7-6-19-13/h4-5,8H,3,6-7,9H2,1-2H3. The van der Waals surface area contributed by atoms with E-state index in [2.05, 4.69) is 34.0 Å². The van der Waals surface area contributed by atoms with Crippen LogP contribution >= 0.6 is 27.7 Å². The van der Waals surface area contributed by atoms with Crippen molar-refractivity contribution in [2.75, 3.05) is 13.2 Å². The molecule has 1 aromatic carbocycles. The van der Waals surface area contributed by atoms with E-state index in [9.17, 15) is 0 Å². The van der Waals surface area contributed by atoms with Crippen molar-refractivity contribution >= 4 is 27.7 Å². The molecule has 21 heavy (non-hydrogen) atoms. The fraction of sp³-hybridized carbons (Fsp3) is 0.400. The molecule has 3 rings (SSSR count). The molecule has 4 nitrogen and oxygen atoms in total. The maximum absolute atomic E-state index is 5.62. The first-order valence-corrected chi connectivity index (χ1v) is 8.69. The monoisotopic (exact) mass is 368 g/mol. The van der Waals surface area contributed by atoms with Gasteiger partial charge in [0.15, 0.2) is 11.5 Å². The number of aryl methyl sites for hydroxylation is 2. The molecular weight excluding hydrogens is 352 g/mol. The number of fused-ring (bicyclic) bond motifs is 1. The molecule has 0 fully saturated rings. The minimum Gasteiger partial charge on any atom is -0.486 e. The highest BCUT2D eigenvalue weighted by Gasteiger charge is 2.15. The first-order chi connectivity index (χ1) is 10.2. The average molecular weight is 369 g/mol. The van der Waals surface area contributed by atoms with Gasteiger partial charge in [0, 0.05) is 17.7 Å². The second-order valence-electron chi connectivity index (χ2n) is 4.78. The van der Waals surface area contributed by atoms with E-state index in [1.165, 1.54) is 10.6 Å². The second-order valence-corrected chi connectivity index (χ2v) is 6.62. The second kappa shape index (κ2) is 6.32. The zero-order valence-corrected chi connectivity index (χ0v) is 14.5. The third-order valence-electron chi connectivity index (χ3n) is 3.39. The van der Waals surface area contributed by atoms with Crippen LogP contribution in [0.5, 0.6) is 11.5 Å². The lowest BCUT2D eigenvalue weighted by atomic mass is 10.3. The molecule has 6 heteroatoms. The normalized spacial score (nSPS) is 13.5. The quantitative estimate of drug-likeness (QED) is 0.768. The first kappa shape index (κ1) is 14.8. The molecule has 0 aliphatic carbocycles. The number of aromatic nitrogens is 2. The van der Waals surface area contributed by atoms with Crippen LogP contribution in [0.1, 0.15) is 18.3 Å². The van der Waals surface area contributed by atoms with Crippen molar-refractivity contribution in [2.45, 2.75) is 24.0 Å². The summed E-state index contributed by atoms with van der Waals surface area (Å²) in [5, 5.41) is 4.52. The Kier molecular flexibility index (Phi) is 4.45. The minimum atomic E-state index is 0.619. The van der Waals surface area contributed by atoms with Gasteiger partial charge in [-0.25, -0.2) is 0 Å². The molecule has 2 heterocycles. The smallest absolute Gasteiger partial charge is 0.162 e. The zero-order chi connectivity index (χ0) is 14.8. The Bertz CT molecular complexity index is 657. The van der Waals surface area contributed by atoms with Gasteiger partial charge in [-0.15, -0.1) is 11.8 Å². The Balaban J connectivity index is 1.74. The van der Waals surface area contributed by atoms with E-state index in [4.69, 9.17) is 9.47 Å². The van der Waals surface area contributed by atoms with Crippen LogP contribution in [0, 0.1) is 0 Å². The molecule has 0 amide bonds. The van der Waals surface area contributed by atoms with Gasteiger partial charge in [-0.05, 0) is 40.5 Å². The number of rotatable bonds is 4. The molecule has 1 aromatic heterocycles. The van der Waals surface area contributed by atoms with E-state index in [0.717, 1.165) is 33.8 Å². The highest BCUT2D eigenvalue weighted by atomic mass is 79.9. The molecule has 1 aliphatic heterocycles. The van der Waals surface area contributed by atoms with Crippen molar-refractivity contribution in [3.05, 3.63) is 34.1 Å². The van der Waals surface area contributed by atoms with Gasteiger partial charge < -0.3 is 9.47 Å². The molecule has 0 N–H and O–H groups in total. The van der Waals surface area contributed by atoms with Gasteiger partial charge in [-0.2, -0.15) is 5.10 Å². The molecule has 0 bridgehead atoms. The maximum Gasteiger partial charge on any atom is 0.162 e. The van der Waals surface area contributed by atoms with Gasteiger partial charge in [0.2, 0.25) is 0 Å². The number of halogens is 1. The molecule has 0 radical (unpaired) electrons. The van der Waals surface area contributed by atoms with Gasteiger partial charge in [-0.1, -0.05) is 6.92 Å². The topological polar surface area (TPSA) is 36.3 Å². The van der Waals surface area contributed by atoms with E-state index in [1.807, 2.05) is 23.9 Å². The summed E-state index contributed by atoms with van der Waals surface area (Å²) in [7, 11) is 1.99. The van der Waals surface area contributed by atoms with Gasteiger partial charge in [0.05, 0.1) is 15.9 Å². The van der Waals surface area contributed by atoms with Crippen LogP contribution in [0.4, 0.5) is 0 Å². The SMILES string of the molecule is CCc1nn(C)c(CSc2ccc3c(c2)OCCO3)c1Br. The van der Waals surface area contributed by atoms with Crippen molar-refractivity contribution in [1.82, 2.24) is 9.78 Å². The lowest BCUT2D eigenvalue weighted by Gasteiger charge is -2.18. The largest absolute Gasteiger partial charge is 0.486 e. The third-order valence-corrected chi connectivity index (χ3v) is 5.31. The van der Waals surface area contributed by atoms with E-state index in [0.29, 0.717) is 13.2 Å². The highest BCUT2D eigenvalue weighted by molar-refractivity contribution is 9.10. The summed E-state index contributed by atoms with van der Waals surface area (Å²) in [5.41, 5.74) is 2.31. The van der Waals surface area contributed by atoms with E-state index >= 15 is 0 Å². The minimum absolute atomic E-state index is 0.619. The highest BCUT2D eigenvalue weighted by Crippen LogP contribution is 2.36. The van der Waals surface area contributed by atoms with Crippen molar-refractivity contribution in [2.24, 2.45) is 7.05 Å². The Morgan fingerprint density at radius 2 is 2.05 bits per heavy atom. The lowest BCUT2D eigenvalue weighted by molar-refractivity contribution is 0.171. The van der Waals surface area contributed by atoms with E-state index in [-0.39, 0.29) is 0 Å². The first-order valence-electron chi connectivity index (χ1n) is 6.91. The molecule has 112 valence electrons. The van der Waals surface area contributed by atoms with Gasteiger partial charge in [0.1, 0.15) is 13.2 Å². The van der Waals surface area contributed by atoms with Crippen LogP contribution in [0.3, 0.4) is 0 Å². The molecule has 0 atom stereocenters. The number of benzene rings is 1. The lowest BCUT2D eigenvalue weighted by Crippen LogP contribution is -2.15. The third kappa shape index (κ3) is 3.06. The van der Waals surface area contributed by atoms with E-state index < -0.39 is 0 Å². The molecule has 2 aromatic rings. The van der Waals surface area contributed by atoms with Crippen LogP contribution in [0.25, 0.3) is 0 Å². The number of nitrogens with zero attached hydrogens (tertiary/aromatic N) is 2. The Morgan fingerprint density at radius 3 is 2.76 bits per heavy atom. The number of hydrogen-bond donors (Lipinski definition) is 0. The van der Waals surface area contributed by atoms with Crippen molar-refractivity contribution in [1.29, 1.82) is 0 Å². The van der Waals surface area contributed by atoms with Crippen LogP contribution in [0.2, 0.25) is 0 Å². The van der Waals surface area contributed by atoms with Gasteiger partial charge in [-0.3, -0.25) is 4.68 Å². The molecule has 0 saturated carbocycles. The Labute approximate surface area is 136 Å². The van der Waals surface area contributed by atoms with E-state index in [1.54, 1.807) is 11.8 Å². The summed E-state index contributed by atoms with van der Waals surface area (Å²) < 4.78 is 14.2. The van der Waals surface area contributed by atoms with Gasteiger partial charge in [0.25, 0.3) is 0 Å². The number of thioether (sulfide) groups is 1.